The highest BCUT2D eigenvalue weighted by molar-refractivity contribution is 5.90. The number of para-hydroxylation sites is 1. The lowest BCUT2D eigenvalue weighted by Crippen LogP contribution is -2.28. The maximum atomic E-state index is 13.0. The Hall–Kier alpha value is -3.71. The van der Waals surface area contributed by atoms with Crippen molar-refractivity contribution in [1.29, 1.82) is 0 Å². The van der Waals surface area contributed by atoms with E-state index < -0.39 is 0 Å². The van der Waals surface area contributed by atoms with Gasteiger partial charge in [0.2, 0.25) is 5.91 Å². The van der Waals surface area contributed by atoms with E-state index in [2.05, 4.69) is 10.4 Å². The molecule has 7 nitrogen and oxygen atoms in total. The number of aromatic nitrogens is 3. The summed E-state index contributed by atoms with van der Waals surface area (Å²) in [6, 6.07) is 18.4. The minimum atomic E-state index is -0.385. The highest BCUT2D eigenvalue weighted by Gasteiger charge is 2.18. The third kappa shape index (κ3) is 3.30. The maximum absolute atomic E-state index is 13.0. The van der Waals surface area contributed by atoms with Crippen LogP contribution in [-0.2, 0) is 17.9 Å². The molecule has 0 radical (unpaired) electrons. The molecule has 0 bridgehead atoms. The van der Waals surface area contributed by atoms with Crippen LogP contribution in [0.4, 0.5) is 5.69 Å². The van der Waals surface area contributed by atoms with Gasteiger partial charge in [0, 0.05) is 29.2 Å². The van der Waals surface area contributed by atoms with Crippen molar-refractivity contribution >= 4 is 17.1 Å². The molecule has 0 saturated heterocycles. The minimum Gasteiger partial charge on any atom is -0.392 e. The van der Waals surface area contributed by atoms with Gasteiger partial charge >= 0.3 is 0 Å². The molecule has 0 spiro atoms. The summed E-state index contributed by atoms with van der Waals surface area (Å²) in [5, 5.41) is 17.1. The molecular formula is C21H18N4O3. The van der Waals surface area contributed by atoms with Gasteiger partial charge in [-0.2, -0.15) is 5.10 Å². The normalized spacial score (nSPS) is 10.9. The van der Waals surface area contributed by atoms with Gasteiger partial charge in [-0.05, 0) is 12.1 Å². The summed E-state index contributed by atoms with van der Waals surface area (Å²) in [6.07, 6.45) is 3.13. The fourth-order valence-corrected chi connectivity index (χ4v) is 3.13. The molecule has 4 rings (SSSR count). The van der Waals surface area contributed by atoms with Crippen molar-refractivity contribution in [2.75, 3.05) is 5.32 Å². The second-order valence-corrected chi connectivity index (χ2v) is 6.29. The van der Waals surface area contributed by atoms with E-state index in [4.69, 9.17) is 0 Å². The Morgan fingerprint density at radius 2 is 1.68 bits per heavy atom. The molecule has 140 valence electrons. The number of carbonyl (C=O) groups excluding carboxylic acids is 1. The Kier molecular flexibility index (Phi) is 4.74. The molecule has 0 atom stereocenters. The topological polar surface area (TPSA) is 88.6 Å². The van der Waals surface area contributed by atoms with Crippen molar-refractivity contribution in [3.8, 4) is 11.3 Å². The average molecular weight is 374 g/mol. The lowest BCUT2D eigenvalue weighted by atomic mass is 10.1. The number of benzene rings is 2. The van der Waals surface area contributed by atoms with Gasteiger partial charge in [0.15, 0.2) is 0 Å². The van der Waals surface area contributed by atoms with E-state index in [0.717, 1.165) is 5.56 Å². The van der Waals surface area contributed by atoms with Crippen LogP contribution in [0.25, 0.3) is 16.8 Å². The summed E-state index contributed by atoms with van der Waals surface area (Å²) < 4.78 is 2.76. The Morgan fingerprint density at radius 3 is 2.36 bits per heavy atom. The number of nitrogens with zero attached hydrogens (tertiary/aromatic N) is 3. The number of hydrogen-bond acceptors (Lipinski definition) is 4. The van der Waals surface area contributed by atoms with Crippen LogP contribution in [0.15, 0.2) is 77.9 Å². The highest BCUT2D eigenvalue weighted by atomic mass is 16.3. The van der Waals surface area contributed by atoms with Crippen LogP contribution in [0.2, 0.25) is 0 Å². The van der Waals surface area contributed by atoms with Crippen molar-refractivity contribution in [3.63, 3.8) is 0 Å². The van der Waals surface area contributed by atoms with Crippen molar-refractivity contribution in [1.82, 2.24) is 14.2 Å². The van der Waals surface area contributed by atoms with Gasteiger partial charge < -0.3 is 15.0 Å². The first-order valence-corrected chi connectivity index (χ1v) is 8.79. The standard InChI is InChI=1S/C21H18N4O3/c26-14-17-19(15-7-3-1-4-8-15)23-25-12-11-24(21(28)20(17)25)13-18(27)22-16-9-5-2-6-10-16/h1-12,26H,13-14H2,(H,22,27). The quantitative estimate of drug-likeness (QED) is 0.561. The van der Waals surface area contributed by atoms with E-state index >= 15 is 0 Å². The number of anilines is 1. The maximum Gasteiger partial charge on any atom is 0.277 e. The second kappa shape index (κ2) is 7.50. The Balaban J connectivity index is 1.70. The van der Waals surface area contributed by atoms with Crippen LogP contribution in [0.5, 0.6) is 0 Å². The largest absolute Gasteiger partial charge is 0.392 e. The minimum absolute atomic E-state index is 0.138. The number of aliphatic hydroxyl groups is 1. The summed E-state index contributed by atoms with van der Waals surface area (Å²) in [7, 11) is 0. The number of aliphatic hydroxyl groups excluding tert-OH is 1. The number of rotatable bonds is 5. The Morgan fingerprint density at radius 1 is 1.00 bits per heavy atom. The third-order valence-electron chi connectivity index (χ3n) is 4.44. The summed E-state index contributed by atoms with van der Waals surface area (Å²) in [5.41, 5.74) is 2.33. The van der Waals surface area contributed by atoms with E-state index in [1.807, 2.05) is 48.5 Å². The fourth-order valence-electron chi connectivity index (χ4n) is 3.13. The molecule has 0 fully saturated rings. The lowest BCUT2D eigenvalue weighted by Gasteiger charge is -2.08. The highest BCUT2D eigenvalue weighted by Crippen LogP contribution is 2.24. The van der Waals surface area contributed by atoms with Crippen LogP contribution in [0.1, 0.15) is 5.56 Å². The van der Waals surface area contributed by atoms with Crippen LogP contribution in [-0.4, -0.2) is 25.2 Å². The molecule has 0 aliphatic carbocycles. The molecule has 2 aromatic carbocycles. The molecule has 0 saturated carbocycles. The molecule has 7 heteroatoms. The third-order valence-corrected chi connectivity index (χ3v) is 4.44. The van der Waals surface area contributed by atoms with Crippen LogP contribution in [0.3, 0.4) is 0 Å². The molecule has 2 aromatic heterocycles. The van der Waals surface area contributed by atoms with E-state index in [-0.39, 0.29) is 30.1 Å². The predicted octanol–water partition coefficient (Wildman–Crippen LogP) is 2.29. The average Bonchev–Trinajstić information content (AvgIpc) is 3.11. The first-order chi connectivity index (χ1) is 13.7. The van der Waals surface area contributed by atoms with E-state index in [1.54, 1.807) is 18.3 Å². The van der Waals surface area contributed by atoms with Crippen LogP contribution in [0, 0.1) is 0 Å². The number of hydrogen-bond donors (Lipinski definition) is 2. The van der Waals surface area contributed by atoms with Gasteiger partial charge in [-0.3, -0.25) is 9.59 Å². The van der Waals surface area contributed by atoms with Gasteiger partial charge in [-0.15, -0.1) is 0 Å². The smallest absolute Gasteiger partial charge is 0.277 e. The van der Waals surface area contributed by atoms with Crippen molar-refractivity contribution in [2.24, 2.45) is 0 Å². The lowest BCUT2D eigenvalue weighted by molar-refractivity contribution is -0.116. The SMILES string of the molecule is O=C(Cn1ccn2nc(-c3ccccc3)c(CO)c2c1=O)Nc1ccccc1. The first-order valence-electron chi connectivity index (χ1n) is 8.79. The van der Waals surface area contributed by atoms with Gasteiger partial charge in [0.05, 0.1) is 12.3 Å². The number of carbonyl (C=O) groups is 1. The van der Waals surface area contributed by atoms with Crippen molar-refractivity contribution < 1.29 is 9.90 Å². The summed E-state index contributed by atoms with van der Waals surface area (Å²) >= 11 is 0. The molecule has 2 heterocycles. The summed E-state index contributed by atoms with van der Waals surface area (Å²) in [4.78, 5) is 25.3. The first kappa shape index (κ1) is 17.7. The van der Waals surface area contributed by atoms with Gasteiger partial charge in [-0.25, -0.2) is 4.52 Å². The molecular weight excluding hydrogens is 356 g/mol. The summed E-state index contributed by atoms with van der Waals surface area (Å²) in [6.45, 7) is -0.468. The Labute approximate surface area is 160 Å². The Bertz CT molecular complexity index is 1180. The van der Waals surface area contributed by atoms with Gasteiger partial charge in [0.25, 0.3) is 5.56 Å². The van der Waals surface area contributed by atoms with Crippen LogP contribution >= 0.6 is 0 Å². The fraction of sp³-hybridized carbons (Fsp3) is 0.0952. The summed E-state index contributed by atoms with van der Waals surface area (Å²) in [5.74, 6) is -0.314. The molecule has 0 aliphatic rings. The zero-order chi connectivity index (χ0) is 19.5. The second-order valence-electron chi connectivity index (χ2n) is 6.29. The zero-order valence-electron chi connectivity index (χ0n) is 14.9. The molecule has 0 unspecified atom stereocenters. The molecule has 1 amide bonds. The molecule has 4 aromatic rings. The molecule has 2 N–H and O–H groups in total. The van der Waals surface area contributed by atoms with Crippen molar-refractivity contribution in [3.05, 3.63) is 89.0 Å². The number of amides is 1. The van der Waals surface area contributed by atoms with E-state index in [1.165, 1.54) is 15.3 Å². The number of fused-ring (bicyclic) bond motifs is 1. The molecule has 28 heavy (non-hydrogen) atoms. The van der Waals surface area contributed by atoms with E-state index in [9.17, 15) is 14.7 Å². The molecule has 0 aliphatic heterocycles. The zero-order valence-corrected chi connectivity index (χ0v) is 14.9. The van der Waals surface area contributed by atoms with Crippen molar-refractivity contribution in [2.45, 2.75) is 13.2 Å². The predicted molar refractivity (Wildman–Crippen MR) is 106 cm³/mol. The monoisotopic (exact) mass is 374 g/mol. The van der Waals surface area contributed by atoms with E-state index in [0.29, 0.717) is 16.9 Å². The van der Waals surface area contributed by atoms with Gasteiger partial charge in [-0.1, -0.05) is 48.5 Å². The van der Waals surface area contributed by atoms with Gasteiger partial charge in [0.1, 0.15) is 12.1 Å². The van der Waals surface area contributed by atoms with Crippen LogP contribution < -0.4 is 10.9 Å². The number of nitrogens with one attached hydrogen (secondary N) is 1.